The molecule has 0 aliphatic heterocycles. The van der Waals surface area contributed by atoms with Gasteiger partial charge >= 0.3 is 0 Å². The highest BCUT2D eigenvalue weighted by Crippen LogP contribution is 2.24. The van der Waals surface area contributed by atoms with E-state index in [4.69, 9.17) is 15.6 Å². The highest BCUT2D eigenvalue weighted by molar-refractivity contribution is 7.89. The standard InChI is InChI=1S/C12H26N2O3S/c13-12(8-4-5-9-18(14,15)16)17-10-11-6-2-1-3-7-11/h11-12H,1-10,13H2,(H2,14,15,16). The van der Waals surface area contributed by atoms with Crippen LogP contribution in [0.2, 0.25) is 0 Å². The molecule has 0 aromatic heterocycles. The summed E-state index contributed by atoms with van der Waals surface area (Å²) in [5, 5.41) is 4.92. The fourth-order valence-corrected chi connectivity index (χ4v) is 2.95. The largest absolute Gasteiger partial charge is 0.363 e. The van der Waals surface area contributed by atoms with Gasteiger partial charge in [-0.25, -0.2) is 13.6 Å². The third-order valence-corrected chi connectivity index (χ3v) is 4.30. The quantitative estimate of drug-likeness (QED) is 0.517. The van der Waals surface area contributed by atoms with Gasteiger partial charge in [0.05, 0.1) is 12.4 Å². The molecule has 1 aliphatic carbocycles. The summed E-state index contributed by atoms with van der Waals surface area (Å²) in [6.07, 6.45) is 8.17. The Balaban J connectivity index is 2.01. The molecule has 4 N–H and O–H groups in total. The number of hydrogen-bond acceptors (Lipinski definition) is 4. The molecule has 1 saturated carbocycles. The number of primary sulfonamides is 1. The molecule has 0 aromatic carbocycles. The van der Waals surface area contributed by atoms with Crippen LogP contribution in [0.15, 0.2) is 0 Å². The minimum absolute atomic E-state index is 0.0301. The summed E-state index contributed by atoms with van der Waals surface area (Å²) in [4.78, 5) is 0. The smallest absolute Gasteiger partial charge is 0.209 e. The van der Waals surface area contributed by atoms with Gasteiger partial charge in [0.2, 0.25) is 10.0 Å². The van der Waals surface area contributed by atoms with E-state index in [1.54, 1.807) is 0 Å². The summed E-state index contributed by atoms with van der Waals surface area (Å²) in [6.45, 7) is 0.746. The zero-order chi connectivity index (χ0) is 13.4. The van der Waals surface area contributed by atoms with E-state index in [9.17, 15) is 8.42 Å². The van der Waals surface area contributed by atoms with Gasteiger partial charge in [-0.2, -0.15) is 0 Å². The van der Waals surface area contributed by atoms with E-state index in [2.05, 4.69) is 0 Å². The summed E-state index contributed by atoms with van der Waals surface area (Å²) in [5.74, 6) is 0.691. The lowest BCUT2D eigenvalue weighted by Crippen LogP contribution is -2.27. The number of rotatable bonds is 8. The van der Waals surface area contributed by atoms with Crippen molar-refractivity contribution in [2.75, 3.05) is 12.4 Å². The lowest BCUT2D eigenvalue weighted by Gasteiger charge is -2.23. The minimum Gasteiger partial charge on any atom is -0.363 e. The molecular formula is C12H26N2O3S. The van der Waals surface area contributed by atoms with Crippen LogP contribution in [0.4, 0.5) is 0 Å². The normalized spacial score (nSPS) is 19.9. The summed E-state index contributed by atoms with van der Waals surface area (Å²) in [6, 6.07) is 0. The Morgan fingerprint density at radius 1 is 1.17 bits per heavy atom. The SMILES string of the molecule is NC(CCCCS(N)(=O)=O)OCC1CCCCC1. The monoisotopic (exact) mass is 278 g/mol. The first-order valence-electron chi connectivity index (χ1n) is 6.85. The molecule has 0 spiro atoms. The summed E-state index contributed by atoms with van der Waals surface area (Å²) in [5.41, 5.74) is 5.84. The Kier molecular flexibility index (Phi) is 7.14. The number of sulfonamides is 1. The van der Waals surface area contributed by atoms with Crippen molar-refractivity contribution >= 4 is 10.0 Å². The van der Waals surface area contributed by atoms with Crippen molar-refractivity contribution in [1.29, 1.82) is 0 Å². The lowest BCUT2D eigenvalue weighted by molar-refractivity contribution is 0.0187. The topological polar surface area (TPSA) is 95.4 Å². The maximum absolute atomic E-state index is 10.7. The van der Waals surface area contributed by atoms with Gasteiger partial charge in [-0.1, -0.05) is 19.3 Å². The second-order valence-corrected chi connectivity index (χ2v) is 6.97. The molecule has 0 heterocycles. The number of hydrogen-bond donors (Lipinski definition) is 2. The fraction of sp³-hybridized carbons (Fsp3) is 1.00. The summed E-state index contributed by atoms with van der Waals surface area (Å²) >= 11 is 0. The lowest BCUT2D eigenvalue weighted by atomic mass is 9.90. The maximum atomic E-state index is 10.7. The molecule has 0 radical (unpaired) electrons. The minimum atomic E-state index is -3.33. The Morgan fingerprint density at radius 2 is 1.83 bits per heavy atom. The van der Waals surface area contributed by atoms with E-state index < -0.39 is 10.0 Å². The van der Waals surface area contributed by atoms with Crippen molar-refractivity contribution in [3.05, 3.63) is 0 Å². The highest BCUT2D eigenvalue weighted by atomic mass is 32.2. The number of unbranched alkanes of at least 4 members (excludes halogenated alkanes) is 1. The van der Waals surface area contributed by atoms with Crippen LogP contribution in [0.5, 0.6) is 0 Å². The molecule has 1 fully saturated rings. The van der Waals surface area contributed by atoms with Crippen molar-refractivity contribution in [2.45, 2.75) is 57.6 Å². The first-order chi connectivity index (χ1) is 8.47. The number of ether oxygens (including phenoxy) is 1. The molecule has 0 amide bonds. The van der Waals surface area contributed by atoms with Crippen LogP contribution in [0.25, 0.3) is 0 Å². The first kappa shape index (κ1) is 15.9. The van der Waals surface area contributed by atoms with E-state index in [0.29, 0.717) is 18.8 Å². The second-order valence-electron chi connectivity index (χ2n) is 5.24. The highest BCUT2D eigenvalue weighted by Gasteiger charge is 2.15. The zero-order valence-electron chi connectivity index (χ0n) is 11.0. The van der Waals surface area contributed by atoms with Crippen LogP contribution < -0.4 is 10.9 Å². The molecule has 1 aliphatic rings. The molecule has 0 bridgehead atoms. The third kappa shape index (κ3) is 8.02. The van der Waals surface area contributed by atoms with Gasteiger partial charge in [0.1, 0.15) is 6.23 Å². The molecule has 108 valence electrons. The van der Waals surface area contributed by atoms with E-state index in [0.717, 1.165) is 13.0 Å². The molecule has 18 heavy (non-hydrogen) atoms. The molecular weight excluding hydrogens is 252 g/mol. The molecule has 1 atom stereocenters. The Bertz CT molecular complexity index is 313. The Morgan fingerprint density at radius 3 is 2.44 bits per heavy atom. The third-order valence-electron chi connectivity index (χ3n) is 3.44. The van der Waals surface area contributed by atoms with E-state index in [-0.39, 0.29) is 12.0 Å². The molecule has 0 aromatic rings. The van der Waals surface area contributed by atoms with E-state index in [1.807, 2.05) is 0 Å². The van der Waals surface area contributed by atoms with Gasteiger partial charge in [-0.05, 0) is 38.0 Å². The predicted molar refractivity (Wildman–Crippen MR) is 72.3 cm³/mol. The Hall–Kier alpha value is -0.170. The van der Waals surface area contributed by atoms with E-state index >= 15 is 0 Å². The van der Waals surface area contributed by atoms with Gasteiger partial charge in [0, 0.05) is 0 Å². The Labute approximate surface area is 110 Å². The van der Waals surface area contributed by atoms with Gasteiger partial charge in [-0.3, -0.25) is 0 Å². The molecule has 0 saturated heterocycles. The van der Waals surface area contributed by atoms with Crippen LogP contribution in [-0.2, 0) is 14.8 Å². The molecule has 5 nitrogen and oxygen atoms in total. The number of nitrogens with two attached hydrogens (primary N) is 2. The molecule has 1 unspecified atom stereocenters. The van der Waals surface area contributed by atoms with Crippen molar-refractivity contribution in [2.24, 2.45) is 16.8 Å². The van der Waals surface area contributed by atoms with Crippen LogP contribution in [0.1, 0.15) is 51.4 Å². The van der Waals surface area contributed by atoms with Crippen molar-refractivity contribution in [1.82, 2.24) is 0 Å². The predicted octanol–water partition coefficient (Wildman–Crippen LogP) is 1.33. The fourth-order valence-electron chi connectivity index (χ4n) is 2.35. The molecule has 6 heteroatoms. The van der Waals surface area contributed by atoms with Crippen molar-refractivity contribution in [3.63, 3.8) is 0 Å². The second kappa shape index (κ2) is 8.09. The average Bonchev–Trinajstić information content (AvgIpc) is 2.32. The first-order valence-corrected chi connectivity index (χ1v) is 8.56. The summed E-state index contributed by atoms with van der Waals surface area (Å²) in [7, 11) is -3.33. The van der Waals surface area contributed by atoms with Crippen LogP contribution in [0.3, 0.4) is 0 Å². The maximum Gasteiger partial charge on any atom is 0.209 e. The zero-order valence-corrected chi connectivity index (χ0v) is 11.8. The summed E-state index contributed by atoms with van der Waals surface area (Å²) < 4.78 is 27.1. The van der Waals surface area contributed by atoms with Gasteiger partial charge in [-0.15, -0.1) is 0 Å². The molecule has 1 rings (SSSR count). The van der Waals surface area contributed by atoms with Crippen molar-refractivity contribution < 1.29 is 13.2 Å². The van der Waals surface area contributed by atoms with E-state index in [1.165, 1.54) is 32.1 Å². The average molecular weight is 278 g/mol. The van der Waals surface area contributed by atoms with Crippen molar-refractivity contribution in [3.8, 4) is 0 Å². The van der Waals surface area contributed by atoms with Gasteiger partial charge in [0.25, 0.3) is 0 Å². The van der Waals surface area contributed by atoms with Crippen LogP contribution in [-0.4, -0.2) is 27.0 Å². The van der Waals surface area contributed by atoms with Crippen LogP contribution >= 0.6 is 0 Å². The van der Waals surface area contributed by atoms with Gasteiger partial charge in [0.15, 0.2) is 0 Å². The van der Waals surface area contributed by atoms with Crippen LogP contribution in [0, 0.1) is 5.92 Å². The van der Waals surface area contributed by atoms with Gasteiger partial charge < -0.3 is 10.5 Å².